The normalized spacial score (nSPS) is 23.3. The van der Waals surface area contributed by atoms with Crippen LogP contribution in [0.4, 0.5) is 4.79 Å². The number of carbonyl (C=O) groups excluding carboxylic acids is 1. The fraction of sp³-hybridized carbons (Fsp3) is 0.467. The molecule has 2 aliphatic rings. The first kappa shape index (κ1) is 16.5. The minimum atomic E-state index is -1.08. The van der Waals surface area contributed by atoms with Crippen LogP contribution in [-0.2, 0) is 25.6 Å². The number of hydrogen-bond donors (Lipinski definition) is 1. The molecule has 2 heterocycles. The molecule has 1 atom stereocenters. The molecular formula is C15H17INO6-. The number of amides is 1. The number of benzene rings is 1. The van der Waals surface area contributed by atoms with E-state index in [0.29, 0.717) is 9.23 Å². The SMILES string of the molecule is O=C(O)[C@@H]1CC2(CN1C(=O)OCc1ccccc1)OC[I-]CO2. The van der Waals surface area contributed by atoms with Crippen molar-refractivity contribution in [3.05, 3.63) is 35.9 Å². The second kappa shape index (κ2) is 7.02. The van der Waals surface area contributed by atoms with Crippen molar-refractivity contribution in [3.8, 4) is 0 Å². The molecule has 1 aromatic carbocycles. The Morgan fingerprint density at radius 2 is 2.00 bits per heavy atom. The first-order chi connectivity index (χ1) is 11.1. The zero-order valence-electron chi connectivity index (χ0n) is 12.3. The zero-order chi connectivity index (χ0) is 16.3. The summed E-state index contributed by atoms with van der Waals surface area (Å²) >= 11 is -0.154. The molecule has 1 amide bonds. The van der Waals surface area contributed by atoms with Crippen molar-refractivity contribution in [2.24, 2.45) is 0 Å². The predicted octanol–water partition coefficient (Wildman–Crippen LogP) is -1.77. The van der Waals surface area contributed by atoms with Gasteiger partial charge in [0.1, 0.15) is 0 Å². The van der Waals surface area contributed by atoms with Crippen LogP contribution in [0.2, 0.25) is 0 Å². The van der Waals surface area contributed by atoms with E-state index in [1.807, 2.05) is 30.3 Å². The first-order valence-corrected chi connectivity index (χ1v) is 10.2. The molecule has 2 saturated heterocycles. The topological polar surface area (TPSA) is 85.3 Å². The molecule has 23 heavy (non-hydrogen) atoms. The van der Waals surface area contributed by atoms with Crippen LogP contribution < -0.4 is 21.2 Å². The number of ether oxygens (including phenoxy) is 3. The summed E-state index contributed by atoms with van der Waals surface area (Å²) in [7, 11) is 0. The molecule has 0 aromatic heterocycles. The maximum absolute atomic E-state index is 12.3. The van der Waals surface area contributed by atoms with Gasteiger partial charge in [-0.3, -0.25) is 0 Å². The van der Waals surface area contributed by atoms with Crippen molar-refractivity contribution < 1.29 is 50.1 Å². The number of carboxylic acid groups (broad SMARTS) is 1. The number of rotatable bonds is 3. The Morgan fingerprint density at radius 3 is 2.65 bits per heavy atom. The van der Waals surface area contributed by atoms with Crippen LogP contribution in [0.25, 0.3) is 0 Å². The molecule has 0 unspecified atom stereocenters. The van der Waals surface area contributed by atoms with Gasteiger partial charge >= 0.3 is 144 Å². The van der Waals surface area contributed by atoms with Gasteiger partial charge in [0.2, 0.25) is 0 Å². The quantitative estimate of drug-likeness (QED) is 0.448. The number of aliphatic carboxylic acids is 1. The molecule has 2 aliphatic heterocycles. The van der Waals surface area contributed by atoms with Crippen LogP contribution in [0.3, 0.4) is 0 Å². The second-order valence-electron chi connectivity index (χ2n) is 5.33. The molecule has 0 aliphatic carbocycles. The number of likely N-dealkylation sites (tertiary alicyclic amines) is 1. The molecule has 126 valence electrons. The van der Waals surface area contributed by atoms with E-state index in [-0.39, 0.29) is 40.8 Å². The summed E-state index contributed by atoms with van der Waals surface area (Å²) < 4.78 is 17.8. The van der Waals surface area contributed by atoms with E-state index in [0.717, 1.165) is 5.56 Å². The van der Waals surface area contributed by atoms with Gasteiger partial charge in [-0.05, 0) is 0 Å². The van der Waals surface area contributed by atoms with Gasteiger partial charge in [-0.1, -0.05) is 0 Å². The maximum atomic E-state index is 12.3. The number of carboxylic acids is 1. The van der Waals surface area contributed by atoms with E-state index in [1.165, 1.54) is 4.90 Å². The van der Waals surface area contributed by atoms with Crippen LogP contribution in [0.5, 0.6) is 0 Å². The van der Waals surface area contributed by atoms with Crippen molar-refractivity contribution in [2.45, 2.75) is 24.9 Å². The van der Waals surface area contributed by atoms with E-state index in [1.54, 1.807) is 0 Å². The third kappa shape index (κ3) is 3.75. The molecule has 8 heteroatoms. The van der Waals surface area contributed by atoms with Gasteiger partial charge in [0.25, 0.3) is 0 Å². The Morgan fingerprint density at radius 1 is 1.30 bits per heavy atom. The Balaban J connectivity index is 1.66. The van der Waals surface area contributed by atoms with E-state index in [2.05, 4.69) is 0 Å². The molecule has 1 spiro atoms. The molecular weight excluding hydrogens is 417 g/mol. The van der Waals surface area contributed by atoms with Crippen LogP contribution in [-0.4, -0.2) is 49.7 Å². The van der Waals surface area contributed by atoms with Gasteiger partial charge in [0.05, 0.1) is 0 Å². The van der Waals surface area contributed by atoms with Gasteiger partial charge in [-0.15, -0.1) is 0 Å². The predicted molar refractivity (Wildman–Crippen MR) is 74.0 cm³/mol. The Hall–Kier alpha value is -1.39. The fourth-order valence-electron chi connectivity index (χ4n) is 2.61. The number of alkyl halides is 2. The molecule has 2 fully saturated rings. The molecule has 0 saturated carbocycles. The van der Waals surface area contributed by atoms with E-state index < -0.39 is 23.9 Å². The summed E-state index contributed by atoms with van der Waals surface area (Å²) in [6.07, 6.45) is -0.530. The molecule has 1 N–H and O–H groups in total. The molecule has 1 aromatic rings. The van der Waals surface area contributed by atoms with Crippen LogP contribution in [0, 0.1) is 0 Å². The Labute approximate surface area is 143 Å². The van der Waals surface area contributed by atoms with Gasteiger partial charge in [-0.25, -0.2) is 0 Å². The Bertz CT molecular complexity index is 575. The van der Waals surface area contributed by atoms with Crippen LogP contribution >= 0.6 is 0 Å². The van der Waals surface area contributed by atoms with Gasteiger partial charge in [-0.2, -0.15) is 0 Å². The number of nitrogens with zero attached hydrogens (tertiary/aromatic N) is 1. The monoisotopic (exact) mass is 434 g/mol. The fourth-order valence-corrected chi connectivity index (χ4v) is 4.37. The van der Waals surface area contributed by atoms with Gasteiger partial charge in [0, 0.05) is 0 Å². The van der Waals surface area contributed by atoms with Crippen molar-refractivity contribution in [1.29, 1.82) is 0 Å². The van der Waals surface area contributed by atoms with Crippen molar-refractivity contribution >= 4 is 12.1 Å². The summed E-state index contributed by atoms with van der Waals surface area (Å²) in [5, 5.41) is 9.38. The average molecular weight is 434 g/mol. The first-order valence-electron chi connectivity index (χ1n) is 7.11. The molecule has 3 rings (SSSR count). The minimum absolute atomic E-state index is 0.0847. The number of hydrogen-bond acceptors (Lipinski definition) is 5. The van der Waals surface area contributed by atoms with Crippen LogP contribution in [0.15, 0.2) is 30.3 Å². The zero-order valence-corrected chi connectivity index (χ0v) is 14.5. The Kier molecular flexibility index (Phi) is 5.02. The third-order valence-corrected chi connectivity index (χ3v) is 5.31. The van der Waals surface area contributed by atoms with Crippen LogP contribution in [0.1, 0.15) is 12.0 Å². The standard InChI is InChI=1S/C15H17INO6/c18-13(19)12-6-15(22-9-16-10-23-15)8-17(12)14(20)21-7-11-4-2-1-3-5-11/h1-5,12H,6-10H2,(H,18,19)/q-1/t12-/m0/s1. The van der Waals surface area contributed by atoms with Gasteiger partial charge in [0.15, 0.2) is 0 Å². The van der Waals surface area contributed by atoms with Crippen molar-refractivity contribution in [2.75, 3.05) is 15.8 Å². The molecule has 0 radical (unpaired) electrons. The molecule has 7 nitrogen and oxygen atoms in total. The summed E-state index contributed by atoms with van der Waals surface area (Å²) in [6, 6.07) is 8.25. The van der Waals surface area contributed by atoms with Crippen molar-refractivity contribution in [1.82, 2.24) is 4.90 Å². The summed E-state index contributed by atoms with van der Waals surface area (Å²) in [5.74, 6) is -2.07. The summed E-state index contributed by atoms with van der Waals surface area (Å²) in [6.45, 7) is 0.185. The van der Waals surface area contributed by atoms with E-state index in [9.17, 15) is 14.7 Å². The third-order valence-electron chi connectivity index (χ3n) is 3.81. The van der Waals surface area contributed by atoms with Crippen molar-refractivity contribution in [3.63, 3.8) is 0 Å². The summed E-state index contributed by atoms with van der Waals surface area (Å²) in [5.41, 5.74) is 0.844. The molecule has 0 bridgehead atoms. The van der Waals surface area contributed by atoms with E-state index >= 15 is 0 Å². The number of carbonyl (C=O) groups is 2. The number of halogens is 1. The van der Waals surface area contributed by atoms with Gasteiger partial charge < -0.3 is 0 Å². The second-order valence-corrected chi connectivity index (χ2v) is 7.66. The van der Waals surface area contributed by atoms with E-state index in [4.69, 9.17) is 14.2 Å². The average Bonchev–Trinajstić information content (AvgIpc) is 2.94. The summed E-state index contributed by atoms with van der Waals surface area (Å²) in [4.78, 5) is 24.9.